The minimum atomic E-state index is -0.301. The van der Waals surface area contributed by atoms with Crippen molar-refractivity contribution in [3.05, 3.63) is 64.0 Å². The maximum Gasteiger partial charge on any atom is 0.271 e. The molecule has 6 nitrogen and oxygen atoms in total. The van der Waals surface area contributed by atoms with Gasteiger partial charge >= 0.3 is 0 Å². The zero-order valence-electron chi connectivity index (χ0n) is 14.5. The van der Waals surface area contributed by atoms with Gasteiger partial charge in [-0.2, -0.15) is 0 Å². The molecule has 1 amide bonds. The smallest absolute Gasteiger partial charge is 0.271 e. The highest BCUT2D eigenvalue weighted by Crippen LogP contribution is 2.24. The molecule has 2 aromatic heterocycles. The van der Waals surface area contributed by atoms with Crippen molar-refractivity contribution >= 4 is 27.9 Å². The largest absolute Gasteiger partial charge is 0.371 e. The Kier molecular flexibility index (Phi) is 4.46. The minimum absolute atomic E-state index is 0.126. The third-order valence-electron chi connectivity index (χ3n) is 4.86. The summed E-state index contributed by atoms with van der Waals surface area (Å²) >= 11 is 1.38. The molecule has 0 bridgehead atoms. The Morgan fingerprint density at radius 2 is 2.15 bits per heavy atom. The number of carbonyl (C=O) groups excluding carboxylic acids is 1. The van der Waals surface area contributed by atoms with Crippen LogP contribution in [0.15, 0.2) is 52.9 Å². The van der Waals surface area contributed by atoms with Gasteiger partial charge < -0.3 is 9.80 Å². The second-order valence-corrected chi connectivity index (χ2v) is 7.53. The SMILES string of the molecule is CN(C[C@H]1CCN(c2ccccc2)C1)C(=O)c1cnc2sccn2c1=O. The fourth-order valence-electron chi connectivity index (χ4n) is 3.50. The van der Waals surface area contributed by atoms with Crippen molar-refractivity contribution in [2.75, 3.05) is 31.6 Å². The summed E-state index contributed by atoms with van der Waals surface area (Å²) in [6, 6.07) is 10.3. The van der Waals surface area contributed by atoms with Crippen molar-refractivity contribution in [2.45, 2.75) is 6.42 Å². The Morgan fingerprint density at radius 3 is 2.96 bits per heavy atom. The molecular formula is C19H20N4O2S. The molecule has 26 heavy (non-hydrogen) atoms. The number of hydrogen-bond donors (Lipinski definition) is 0. The second kappa shape index (κ2) is 6.92. The number of para-hydroxylation sites is 1. The van der Waals surface area contributed by atoms with Crippen LogP contribution in [0.5, 0.6) is 0 Å². The van der Waals surface area contributed by atoms with Gasteiger partial charge in [-0.25, -0.2) is 4.98 Å². The predicted molar refractivity (Wildman–Crippen MR) is 103 cm³/mol. The first-order valence-electron chi connectivity index (χ1n) is 8.64. The van der Waals surface area contributed by atoms with Crippen LogP contribution < -0.4 is 10.5 Å². The fraction of sp³-hybridized carbons (Fsp3) is 0.316. The van der Waals surface area contributed by atoms with Crippen molar-refractivity contribution < 1.29 is 4.79 Å². The number of thiazole rings is 1. The lowest BCUT2D eigenvalue weighted by Gasteiger charge is -2.22. The van der Waals surface area contributed by atoms with Gasteiger partial charge in [0.05, 0.1) is 0 Å². The molecular weight excluding hydrogens is 348 g/mol. The van der Waals surface area contributed by atoms with Crippen molar-refractivity contribution in [3.63, 3.8) is 0 Å². The molecule has 4 rings (SSSR count). The monoisotopic (exact) mass is 368 g/mol. The zero-order valence-corrected chi connectivity index (χ0v) is 15.4. The zero-order chi connectivity index (χ0) is 18.1. The van der Waals surface area contributed by atoms with Crippen molar-refractivity contribution in [2.24, 2.45) is 5.92 Å². The molecule has 1 saturated heterocycles. The number of benzene rings is 1. The number of rotatable bonds is 4. The molecule has 3 aromatic rings. The molecule has 0 unspecified atom stereocenters. The summed E-state index contributed by atoms with van der Waals surface area (Å²) in [4.78, 5) is 34.0. The van der Waals surface area contributed by atoms with E-state index in [1.54, 1.807) is 23.5 Å². The topological polar surface area (TPSA) is 57.9 Å². The molecule has 3 heterocycles. The summed E-state index contributed by atoms with van der Waals surface area (Å²) in [5, 5.41) is 1.79. The molecule has 1 atom stereocenters. The van der Waals surface area contributed by atoms with E-state index in [9.17, 15) is 9.59 Å². The van der Waals surface area contributed by atoms with E-state index in [1.165, 1.54) is 27.6 Å². The maximum absolute atomic E-state index is 12.7. The lowest BCUT2D eigenvalue weighted by Crippen LogP contribution is -2.36. The number of amides is 1. The van der Waals surface area contributed by atoms with E-state index in [2.05, 4.69) is 22.0 Å². The highest BCUT2D eigenvalue weighted by Gasteiger charge is 2.26. The molecule has 0 saturated carbocycles. The Morgan fingerprint density at radius 1 is 1.35 bits per heavy atom. The van der Waals surface area contributed by atoms with Gasteiger partial charge in [-0.15, -0.1) is 11.3 Å². The standard InChI is InChI=1S/C19H20N4O2S/c1-21(12-14-7-8-22(13-14)15-5-3-2-4-6-15)17(24)16-11-20-19-23(18(16)25)9-10-26-19/h2-6,9-11,14H,7-8,12-13H2,1H3/t14-/m1/s1. The van der Waals surface area contributed by atoms with Gasteiger partial charge in [0.25, 0.3) is 11.5 Å². The van der Waals surface area contributed by atoms with Gasteiger partial charge in [0, 0.05) is 50.1 Å². The molecule has 1 aromatic carbocycles. The van der Waals surface area contributed by atoms with Crippen LogP contribution in [-0.2, 0) is 0 Å². The van der Waals surface area contributed by atoms with Crippen LogP contribution in [0.3, 0.4) is 0 Å². The van der Waals surface area contributed by atoms with Crippen LogP contribution in [-0.4, -0.2) is 46.9 Å². The molecule has 0 aliphatic carbocycles. The second-order valence-electron chi connectivity index (χ2n) is 6.65. The third kappa shape index (κ3) is 3.10. The number of hydrogen-bond acceptors (Lipinski definition) is 5. The molecule has 0 N–H and O–H groups in total. The van der Waals surface area contributed by atoms with Crippen molar-refractivity contribution in [3.8, 4) is 0 Å². The van der Waals surface area contributed by atoms with Gasteiger partial charge in [0.1, 0.15) is 5.56 Å². The van der Waals surface area contributed by atoms with E-state index in [1.807, 2.05) is 18.2 Å². The van der Waals surface area contributed by atoms with E-state index in [4.69, 9.17) is 0 Å². The molecule has 134 valence electrons. The van der Waals surface area contributed by atoms with Gasteiger partial charge in [-0.05, 0) is 24.5 Å². The van der Waals surface area contributed by atoms with Gasteiger partial charge in [0.15, 0.2) is 4.96 Å². The number of fused-ring (bicyclic) bond motifs is 1. The molecule has 1 aliphatic rings. The summed E-state index contributed by atoms with van der Waals surface area (Å²) in [5.74, 6) is 0.131. The van der Waals surface area contributed by atoms with Crippen LogP contribution in [0.4, 0.5) is 5.69 Å². The number of aromatic nitrogens is 2. The van der Waals surface area contributed by atoms with Gasteiger partial charge in [-0.3, -0.25) is 14.0 Å². The van der Waals surface area contributed by atoms with E-state index in [-0.39, 0.29) is 17.0 Å². The van der Waals surface area contributed by atoms with Crippen LogP contribution in [0, 0.1) is 5.92 Å². The maximum atomic E-state index is 12.7. The Bertz CT molecular complexity index is 982. The van der Waals surface area contributed by atoms with E-state index in [0.29, 0.717) is 17.4 Å². The van der Waals surface area contributed by atoms with Crippen LogP contribution >= 0.6 is 11.3 Å². The van der Waals surface area contributed by atoms with Gasteiger partial charge in [0.2, 0.25) is 0 Å². The normalized spacial score (nSPS) is 17.0. The lowest BCUT2D eigenvalue weighted by molar-refractivity contribution is 0.0774. The fourth-order valence-corrected chi connectivity index (χ4v) is 4.18. The summed E-state index contributed by atoms with van der Waals surface area (Å²) in [6.45, 7) is 2.54. The van der Waals surface area contributed by atoms with Crippen LogP contribution in [0.1, 0.15) is 16.8 Å². The predicted octanol–water partition coefficient (Wildman–Crippen LogP) is 2.35. The summed E-state index contributed by atoms with van der Waals surface area (Å²) in [6.07, 6.45) is 4.09. The van der Waals surface area contributed by atoms with E-state index >= 15 is 0 Å². The number of carbonyl (C=O) groups is 1. The average Bonchev–Trinajstić information content (AvgIpc) is 3.32. The first kappa shape index (κ1) is 16.8. The molecule has 1 fully saturated rings. The number of nitrogens with zero attached hydrogens (tertiary/aromatic N) is 4. The molecule has 1 aliphatic heterocycles. The first-order valence-corrected chi connectivity index (χ1v) is 9.52. The summed E-state index contributed by atoms with van der Waals surface area (Å²) in [7, 11) is 1.76. The molecule has 0 radical (unpaired) electrons. The number of anilines is 1. The third-order valence-corrected chi connectivity index (χ3v) is 5.63. The van der Waals surface area contributed by atoms with Crippen LogP contribution in [0.25, 0.3) is 4.96 Å². The Balaban J connectivity index is 1.44. The van der Waals surface area contributed by atoms with E-state index < -0.39 is 0 Å². The molecule has 0 spiro atoms. The lowest BCUT2D eigenvalue weighted by atomic mass is 10.1. The highest BCUT2D eigenvalue weighted by atomic mass is 32.1. The molecule has 7 heteroatoms. The van der Waals surface area contributed by atoms with E-state index in [0.717, 1.165) is 19.5 Å². The minimum Gasteiger partial charge on any atom is -0.371 e. The highest BCUT2D eigenvalue weighted by molar-refractivity contribution is 7.15. The summed E-state index contributed by atoms with van der Waals surface area (Å²) < 4.78 is 1.43. The van der Waals surface area contributed by atoms with Crippen molar-refractivity contribution in [1.29, 1.82) is 0 Å². The van der Waals surface area contributed by atoms with Crippen molar-refractivity contribution in [1.82, 2.24) is 14.3 Å². The first-order chi connectivity index (χ1) is 12.6. The average molecular weight is 368 g/mol. The quantitative estimate of drug-likeness (QED) is 0.709. The summed E-state index contributed by atoms with van der Waals surface area (Å²) in [5.41, 5.74) is 1.04. The Hall–Kier alpha value is -2.67. The van der Waals surface area contributed by atoms with Gasteiger partial charge in [-0.1, -0.05) is 18.2 Å². The van der Waals surface area contributed by atoms with Crippen LogP contribution in [0.2, 0.25) is 0 Å². The Labute approximate surface area is 155 Å².